The third-order valence-corrected chi connectivity index (χ3v) is 8.06. The van der Waals surface area contributed by atoms with Crippen LogP contribution in [0.4, 0.5) is 0 Å². The van der Waals surface area contributed by atoms with Gasteiger partial charge >= 0.3 is 0 Å². The standard InChI is InChI=1S/C33H35NO3/c1-22-19-30-29(21-31(22)36-3)28-13-9-24-20-26(35-2)12-14-27(24)33(28)32(30)23-7-10-25(11-8-23)37-18-17-34-15-5-4-6-16-34/h7-14,19-21,32H,4-6,15-18H2,1-3H3. The van der Waals surface area contributed by atoms with Crippen molar-refractivity contribution in [3.05, 3.63) is 89.0 Å². The number of nitrogens with zero attached hydrogens (tertiary/aromatic N) is 1. The lowest BCUT2D eigenvalue weighted by atomic mass is 9.86. The summed E-state index contributed by atoms with van der Waals surface area (Å²) >= 11 is 0. The highest BCUT2D eigenvalue weighted by molar-refractivity contribution is 5.98. The molecule has 0 saturated carbocycles. The van der Waals surface area contributed by atoms with Crippen LogP contribution in [0.5, 0.6) is 17.2 Å². The smallest absolute Gasteiger partial charge is 0.122 e. The minimum Gasteiger partial charge on any atom is -0.497 e. The van der Waals surface area contributed by atoms with Gasteiger partial charge in [0.15, 0.2) is 0 Å². The van der Waals surface area contributed by atoms with E-state index in [1.165, 1.54) is 70.9 Å². The Morgan fingerprint density at radius 3 is 2.32 bits per heavy atom. The maximum absolute atomic E-state index is 6.14. The molecule has 1 aliphatic carbocycles. The molecule has 0 N–H and O–H groups in total. The summed E-state index contributed by atoms with van der Waals surface area (Å²) in [6.45, 7) is 6.27. The molecule has 0 amide bonds. The first-order valence-corrected chi connectivity index (χ1v) is 13.4. The maximum atomic E-state index is 6.14. The molecular formula is C33H35NO3. The van der Waals surface area contributed by atoms with Crippen molar-refractivity contribution >= 4 is 10.8 Å². The highest BCUT2D eigenvalue weighted by Gasteiger charge is 2.32. The normalized spacial score (nSPS) is 16.9. The van der Waals surface area contributed by atoms with E-state index in [2.05, 4.69) is 78.6 Å². The second kappa shape index (κ2) is 10.1. The van der Waals surface area contributed by atoms with Crippen LogP contribution in [-0.2, 0) is 0 Å². The van der Waals surface area contributed by atoms with E-state index in [9.17, 15) is 0 Å². The third-order valence-electron chi connectivity index (χ3n) is 8.06. The van der Waals surface area contributed by atoms with Crippen molar-refractivity contribution in [2.45, 2.75) is 32.1 Å². The zero-order valence-electron chi connectivity index (χ0n) is 22.0. The molecule has 1 aliphatic heterocycles. The van der Waals surface area contributed by atoms with E-state index in [0.29, 0.717) is 0 Å². The van der Waals surface area contributed by atoms with Crippen LogP contribution >= 0.6 is 0 Å². The van der Waals surface area contributed by atoms with Crippen LogP contribution in [0.1, 0.15) is 47.4 Å². The van der Waals surface area contributed by atoms with Crippen LogP contribution < -0.4 is 14.2 Å². The molecule has 0 radical (unpaired) electrons. The fraction of sp³-hybridized carbons (Fsp3) is 0.333. The molecule has 1 atom stereocenters. The summed E-state index contributed by atoms with van der Waals surface area (Å²) in [7, 11) is 3.47. The first kappa shape index (κ1) is 23.9. The summed E-state index contributed by atoms with van der Waals surface area (Å²) < 4.78 is 17.4. The zero-order chi connectivity index (χ0) is 25.4. The van der Waals surface area contributed by atoms with Crippen molar-refractivity contribution in [3.8, 4) is 28.4 Å². The number of piperidine rings is 1. The van der Waals surface area contributed by atoms with E-state index < -0.39 is 0 Å². The zero-order valence-corrected chi connectivity index (χ0v) is 22.0. The fourth-order valence-corrected chi connectivity index (χ4v) is 6.14. The highest BCUT2D eigenvalue weighted by atomic mass is 16.5. The minimum atomic E-state index is 0.147. The lowest BCUT2D eigenvalue weighted by Crippen LogP contribution is -2.33. The summed E-state index contributed by atoms with van der Waals surface area (Å²) in [4.78, 5) is 2.51. The molecule has 0 spiro atoms. The van der Waals surface area contributed by atoms with Crippen LogP contribution in [0.15, 0.2) is 66.7 Å². The van der Waals surface area contributed by atoms with Crippen molar-refractivity contribution in [2.24, 2.45) is 0 Å². The molecule has 2 aliphatic rings. The number of aryl methyl sites for hydroxylation is 1. The van der Waals surface area contributed by atoms with Crippen molar-refractivity contribution in [1.29, 1.82) is 0 Å². The largest absolute Gasteiger partial charge is 0.497 e. The van der Waals surface area contributed by atoms with Crippen molar-refractivity contribution in [3.63, 3.8) is 0 Å². The van der Waals surface area contributed by atoms with Gasteiger partial charge in [-0.1, -0.05) is 42.8 Å². The molecule has 4 nitrogen and oxygen atoms in total. The van der Waals surface area contributed by atoms with Gasteiger partial charge in [0.25, 0.3) is 0 Å². The average Bonchev–Trinajstić information content (AvgIpc) is 3.26. The van der Waals surface area contributed by atoms with E-state index in [1.807, 2.05) is 0 Å². The predicted octanol–water partition coefficient (Wildman–Crippen LogP) is 7.19. The second-order valence-electron chi connectivity index (χ2n) is 10.3. The van der Waals surface area contributed by atoms with Gasteiger partial charge in [0, 0.05) is 12.5 Å². The highest BCUT2D eigenvalue weighted by Crippen LogP contribution is 2.52. The molecule has 0 aromatic heterocycles. The van der Waals surface area contributed by atoms with E-state index >= 15 is 0 Å². The Bertz CT molecular complexity index is 1420. The van der Waals surface area contributed by atoms with Gasteiger partial charge in [0.05, 0.1) is 14.2 Å². The number of fused-ring (bicyclic) bond motifs is 5. The average molecular weight is 494 g/mol. The Labute approximate surface area is 219 Å². The molecule has 4 aromatic carbocycles. The maximum Gasteiger partial charge on any atom is 0.122 e. The van der Waals surface area contributed by atoms with Crippen molar-refractivity contribution in [2.75, 3.05) is 40.5 Å². The van der Waals surface area contributed by atoms with Crippen LogP contribution in [-0.4, -0.2) is 45.4 Å². The predicted molar refractivity (Wildman–Crippen MR) is 150 cm³/mol. The van der Waals surface area contributed by atoms with Crippen molar-refractivity contribution < 1.29 is 14.2 Å². The summed E-state index contributed by atoms with van der Waals surface area (Å²) in [6.07, 6.45) is 3.99. The summed E-state index contributed by atoms with van der Waals surface area (Å²) in [5.74, 6) is 2.89. The molecule has 1 heterocycles. The minimum absolute atomic E-state index is 0.147. The molecule has 1 saturated heterocycles. The molecule has 4 heteroatoms. The molecule has 1 unspecified atom stereocenters. The molecule has 6 rings (SSSR count). The lowest BCUT2D eigenvalue weighted by molar-refractivity contribution is 0.183. The SMILES string of the molecule is COc1ccc2c3c(ccc2c1)-c1cc(OC)c(C)cc1C3c1ccc(OCCN2CCCCC2)cc1. The Kier molecular flexibility index (Phi) is 6.52. The number of methoxy groups -OCH3 is 2. The number of likely N-dealkylation sites (tertiary alicyclic amines) is 1. The lowest BCUT2D eigenvalue weighted by Gasteiger charge is -2.26. The van der Waals surface area contributed by atoms with Crippen molar-refractivity contribution in [1.82, 2.24) is 4.90 Å². The quantitative estimate of drug-likeness (QED) is 0.240. The number of rotatable bonds is 7. The summed E-state index contributed by atoms with van der Waals surface area (Å²) in [5, 5.41) is 2.45. The molecule has 1 fully saturated rings. The van der Waals surface area contributed by atoms with Gasteiger partial charge in [0.1, 0.15) is 23.9 Å². The van der Waals surface area contributed by atoms with Gasteiger partial charge in [-0.2, -0.15) is 0 Å². The van der Waals surface area contributed by atoms with Gasteiger partial charge in [-0.25, -0.2) is 0 Å². The molecule has 4 aromatic rings. The first-order chi connectivity index (χ1) is 18.2. The molecular weight excluding hydrogens is 458 g/mol. The first-order valence-electron chi connectivity index (χ1n) is 13.4. The molecule has 37 heavy (non-hydrogen) atoms. The van der Waals surface area contributed by atoms with Gasteiger partial charge in [-0.3, -0.25) is 4.90 Å². The van der Waals surface area contributed by atoms with Crippen LogP contribution in [0.3, 0.4) is 0 Å². The summed E-state index contributed by atoms with van der Waals surface area (Å²) in [6, 6.07) is 24.1. The third kappa shape index (κ3) is 4.44. The second-order valence-corrected chi connectivity index (χ2v) is 10.3. The topological polar surface area (TPSA) is 30.9 Å². The fourth-order valence-electron chi connectivity index (χ4n) is 6.14. The monoisotopic (exact) mass is 493 g/mol. The van der Waals surface area contributed by atoms with E-state index in [0.717, 1.165) is 36.0 Å². The van der Waals surface area contributed by atoms with Gasteiger partial charge in [0.2, 0.25) is 0 Å². The van der Waals surface area contributed by atoms with Gasteiger partial charge in [-0.05, 0) is 107 Å². The Hall–Kier alpha value is -3.50. The number of benzene rings is 4. The van der Waals surface area contributed by atoms with Crippen LogP contribution in [0.25, 0.3) is 21.9 Å². The summed E-state index contributed by atoms with van der Waals surface area (Å²) in [5.41, 5.74) is 7.63. The van der Waals surface area contributed by atoms with E-state index in [4.69, 9.17) is 14.2 Å². The number of ether oxygens (including phenoxy) is 3. The number of hydrogen-bond acceptors (Lipinski definition) is 4. The van der Waals surface area contributed by atoms with Crippen LogP contribution in [0.2, 0.25) is 0 Å². The van der Waals surface area contributed by atoms with Gasteiger partial charge in [-0.15, -0.1) is 0 Å². The van der Waals surface area contributed by atoms with Crippen LogP contribution in [0, 0.1) is 6.92 Å². The van der Waals surface area contributed by atoms with Gasteiger partial charge < -0.3 is 14.2 Å². The Morgan fingerprint density at radius 2 is 1.57 bits per heavy atom. The number of hydrogen-bond donors (Lipinski definition) is 0. The Balaban J connectivity index is 1.36. The van der Waals surface area contributed by atoms with E-state index in [-0.39, 0.29) is 5.92 Å². The molecule has 0 bridgehead atoms. The Morgan fingerprint density at radius 1 is 0.784 bits per heavy atom. The molecule has 190 valence electrons. The van der Waals surface area contributed by atoms with E-state index in [1.54, 1.807) is 14.2 Å².